The molecule has 2 aromatic heterocycles. The van der Waals surface area contributed by atoms with Gasteiger partial charge in [0.25, 0.3) is 0 Å². The van der Waals surface area contributed by atoms with E-state index in [4.69, 9.17) is 16.3 Å². The Bertz CT molecular complexity index is 536. The van der Waals surface area contributed by atoms with Crippen molar-refractivity contribution in [1.29, 1.82) is 0 Å². The van der Waals surface area contributed by atoms with Crippen molar-refractivity contribution >= 4 is 11.6 Å². The van der Waals surface area contributed by atoms with Crippen molar-refractivity contribution in [2.24, 2.45) is 0 Å². The summed E-state index contributed by atoms with van der Waals surface area (Å²) in [4.78, 5) is 3.97. The molecule has 0 radical (unpaired) electrons. The van der Waals surface area contributed by atoms with Crippen LogP contribution in [0, 0.1) is 0 Å². The van der Waals surface area contributed by atoms with Gasteiger partial charge in [-0.15, -0.1) is 10.2 Å². The molecule has 5 nitrogen and oxygen atoms in total. The molecule has 3 heterocycles. The molecule has 1 atom stereocenters. The predicted molar refractivity (Wildman–Crippen MR) is 67.1 cm³/mol. The molecule has 0 N–H and O–H groups in total. The number of pyridine rings is 1. The predicted octanol–water partition coefficient (Wildman–Crippen LogP) is 2.69. The Balaban J connectivity index is 1.95. The minimum absolute atomic E-state index is 0.0238. The van der Waals surface area contributed by atoms with E-state index in [0.717, 1.165) is 30.8 Å². The van der Waals surface area contributed by atoms with Gasteiger partial charge in [0.2, 0.25) is 0 Å². The average Bonchev–Trinajstić information content (AvgIpc) is 2.89. The third-order valence-electron chi connectivity index (χ3n) is 3.02. The van der Waals surface area contributed by atoms with E-state index in [9.17, 15) is 0 Å². The molecule has 3 rings (SSSR count). The number of halogens is 1. The minimum Gasteiger partial charge on any atom is -0.358 e. The summed E-state index contributed by atoms with van der Waals surface area (Å²) in [5.41, 5.74) is 0.904. The molecule has 6 heteroatoms. The fourth-order valence-electron chi connectivity index (χ4n) is 2.14. The van der Waals surface area contributed by atoms with Crippen LogP contribution < -0.4 is 0 Å². The van der Waals surface area contributed by atoms with Gasteiger partial charge < -0.3 is 4.74 Å². The van der Waals surface area contributed by atoms with Gasteiger partial charge in [0, 0.05) is 18.4 Å². The van der Waals surface area contributed by atoms with Crippen molar-refractivity contribution in [1.82, 2.24) is 19.7 Å². The molecule has 1 aliphatic rings. The van der Waals surface area contributed by atoms with Crippen LogP contribution in [0.25, 0.3) is 11.4 Å². The van der Waals surface area contributed by atoms with E-state index in [1.807, 2.05) is 10.6 Å². The maximum absolute atomic E-state index is 5.90. The van der Waals surface area contributed by atoms with Crippen molar-refractivity contribution in [2.45, 2.75) is 25.5 Å². The van der Waals surface area contributed by atoms with Crippen LogP contribution in [0.3, 0.4) is 0 Å². The Labute approximate surface area is 110 Å². The molecular weight excluding hydrogens is 252 g/mol. The highest BCUT2D eigenvalue weighted by Crippen LogP contribution is 2.27. The molecule has 0 amide bonds. The highest BCUT2D eigenvalue weighted by atomic mass is 35.5. The van der Waals surface area contributed by atoms with Crippen LogP contribution in [0.5, 0.6) is 0 Å². The summed E-state index contributed by atoms with van der Waals surface area (Å²) in [6, 6.07) is 3.65. The zero-order valence-electron chi connectivity index (χ0n) is 9.79. The zero-order valence-corrected chi connectivity index (χ0v) is 10.5. The third kappa shape index (κ3) is 2.23. The van der Waals surface area contributed by atoms with E-state index in [1.54, 1.807) is 18.6 Å². The Kier molecular flexibility index (Phi) is 3.25. The van der Waals surface area contributed by atoms with Crippen LogP contribution in [0.4, 0.5) is 0 Å². The maximum Gasteiger partial charge on any atom is 0.166 e. The van der Waals surface area contributed by atoms with E-state index in [0.29, 0.717) is 5.15 Å². The maximum atomic E-state index is 5.90. The largest absolute Gasteiger partial charge is 0.358 e. The lowest BCUT2D eigenvalue weighted by Gasteiger charge is -2.24. The number of hydrogen-bond acceptors (Lipinski definition) is 4. The summed E-state index contributed by atoms with van der Waals surface area (Å²) in [6.45, 7) is 0.791. The molecule has 0 aliphatic carbocycles. The van der Waals surface area contributed by atoms with E-state index < -0.39 is 0 Å². The number of aromatic nitrogens is 4. The molecule has 2 aromatic rings. The third-order valence-corrected chi connectivity index (χ3v) is 3.23. The van der Waals surface area contributed by atoms with E-state index in [1.165, 1.54) is 6.42 Å². The summed E-state index contributed by atoms with van der Waals surface area (Å²) < 4.78 is 7.71. The second kappa shape index (κ2) is 5.04. The van der Waals surface area contributed by atoms with Crippen LogP contribution in [0.2, 0.25) is 5.15 Å². The summed E-state index contributed by atoms with van der Waals surface area (Å²) >= 11 is 5.90. The lowest BCUT2D eigenvalue weighted by atomic mass is 10.2. The van der Waals surface area contributed by atoms with Crippen LogP contribution in [-0.4, -0.2) is 26.4 Å². The molecule has 0 bridgehead atoms. The molecule has 18 heavy (non-hydrogen) atoms. The van der Waals surface area contributed by atoms with Gasteiger partial charge in [0.1, 0.15) is 17.7 Å². The fraction of sp³-hybridized carbons (Fsp3) is 0.417. The molecule has 94 valence electrons. The zero-order chi connectivity index (χ0) is 12.4. The first-order chi connectivity index (χ1) is 8.84. The summed E-state index contributed by atoms with van der Waals surface area (Å²) in [5.74, 6) is 0.770. The lowest BCUT2D eigenvalue weighted by molar-refractivity contribution is -0.0311. The van der Waals surface area contributed by atoms with E-state index >= 15 is 0 Å². The van der Waals surface area contributed by atoms with Crippen molar-refractivity contribution < 1.29 is 4.74 Å². The van der Waals surface area contributed by atoms with E-state index in [2.05, 4.69) is 15.2 Å². The van der Waals surface area contributed by atoms with Crippen molar-refractivity contribution in [3.63, 3.8) is 0 Å². The summed E-state index contributed by atoms with van der Waals surface area (Å²) in [6.07, 6.45) is 6.67. The number of ether oxygens (including phenoxy) is 1. The normalized spacial score (nSPS) is 19.9. The Morgan fingerprint density at radius 2 is 2.33 bits per heavy atom. The Morgan fingerprint density at radius 3 is 3.11 bits per heavy atom. The standard InChI is InChI=1S/C12H13ClN4O/c13-10-7-9(4-5-14-10)12-16-15-8-17(12)11-3-1-2-6-18-11/h4-5,7-8,11H,1-3,6H2. The molecule has 1 unspecified atom stereocenters. The molecule has 0 aromatic carbocycles. The second-order valence-corrected chi connectivity index (χ2v) is 4.64. The molecular formula is C12H13ClN4O. The molecule has 1 fully saturated rings. The topological polar surface area (TPSA) is 52.8 Å². The average molecular weight is 265 g/mol. The van der Waals surface area contributed by atoms with Crippen LogP contribution in [0.1, 0.15) is 25.5 Å². The summed E-state index contributed by atoms with van der Waals surface area (Å²) in [7, 11) is 0. The quantitative estimate of drug-likeness (QED) is 0.783. The molecule has 1 saturated heterocycles. The second-order valence-electron chi connectivity index (χ2n) is 4.25. The van der Waals surface area contributed by atoms with Gasteiger partial charge in [-0.2, -0.15) is 0 Å². The lowest BCUT2D eigenvalue weighted by Crippen LogP contribution is -2.18. The van der Waals surface area contributed by atoms with Crippen LogP contribution in [0.15, 0.2) is 24.7 Å². The SMILES string of the molecule is Clc1cc(-c2nncn2C2CCCCO2)ccn1. The van der Waals surface area contributed by atoms with Gasteiger partial charge in [-0.3, -0.25) is 4.57 Å². The number of hydrogen-bond donors (Lipinski definition) is 0. The fourth-order valence-corrected chi connectivity index (χ4v) is 2.32. The smallest absolute Gasteiger partial charge is 0.166 e. The molecule has 0 spiro atoms. The number of rotatable bonds is 2. The molecule has 0 saturated carbocycles. The molecule has 1 aliphatic heterocycles. The van der Waals surface area contributed by atoms with Gasteiger partial charge in [-0.1, -0.05) is 11.6 Å². The van der Waals surface area contributed by atoms with Gasteiger partial charge in [0.05, 0.1) is 0 Å². The summed E-state index contributed by atoms with van der Waals surface area (Å²) in [5, 5.41) is 8.57. The first-order valence-corrected chi connectivity index (χ1v) is 6.35. The van der Waals surface area contributed by atoms with Crippen molar-refractivity contribution in [3.05, 3.63) is 29.8 Å². The highest BCUT2D eigenvalue weighted by Gasteiger charge is 2.19. The Hall–Kier alpha value is -1.46. The first kappa shape index (κ1) is 11.6. The van der Waals surface area contributed by atoms with Crippen molar-refractivity contribution in [2.75, 3.05) is 6.61 Å². The highest BCUT2D eigenvalue weighted by molar-refractivity contribution is 6.29. The first-order valence-electron chi connectivity index (χ1n) is 5.97. The van der Waals surface area contributed by atoms with Gasteiger partial charge >= 0.3 is 0 Å². The monoisotopic (exact) mass is 264 g/mol. The van der Waals surface area contributed by atoms with E-state index in [-0.39, 0.29) is 6.23 Å². The number of nitrogens with zero attached hydrogens (tertiary/aromatic N) is 4. The van der Waals surface area contributed by atoms with Crippen LogP contribution >= 0.6 is 11.6 Å². The van der Waals surface area contributed by atoms with Gasteiger partial charge in [-0.25, -0.2) is 4.98 Å². The Morgan fingerprint density at radius 1 is 1.39 bits per heavy atom. The van der Waals surface area contributed by atoms with Gasteiger partial charge in [-0.05, 0) is 31.4 Å². The van der Waals surface area contributed by atoms with Crippen LogP contribution in [-0.2, 0) is 4.74 Å². The van der Waals surface area contributed by atoms with Gasteiger partial charge in [0.15, 0.2) is 5.82 Å². The van der Waals surface area contributed by atoms with Crippen molar-refractivity contribution in [3.8, 4) is 11.4 Å². The minimum atomic E-state index is 0.0238.